The number of benzene rings is 4. The quantitative estimate of drug-likeness (QED) is 0.156. The predicted molar refractivity (Wildman–Crippen MR) is 141 cm³/mol. The summed E-state index contributed by atoms with van der Waals surface area (Å²) < 4.78 is 25.2. The maximum Gasteiger partial charge on any atom is 0.276 e. The Hall–Kier alpha value is -4.61. The summed E-state index contributed by atoms with van der Waals surface area (Å²) >= 11 is 6.25. The normalized spacial score (nSPS) is 13.3. The SMILES string of the molecule is O=C1c2cccc3c(Cl)ccc(c23)C(=O)N1Cc1ccc(S(=O)(=O)N/N=C/c2ccc([N+](=O)[O-])cc2)cc1. The largest absolute Gasteiger partial charge is 0.276 e. The van der Waals surface area contributed by atoms with Gasteiger partial charge in [0.2, 0.25) is 0 Å². The zero-order chi connectivity index (χ0) is 27.0. The standard InChI is InChI=1S/C26H17ClN4O6S/c27-23-13-12-22-24-20(23)2-1-3-21(24)25(32)30(26(22)33)15-17-6-10-19(11-7-17)38(36,37)29-28-14-16-4-8-18(9-5-16)31(34)35/h1-14,29H,15H2/b28-14+. The van der Waals surface area contributed by atoms with Crippen LogP contribution in [0.2, 0.25) is 5.02 Å². The number of rotatable bonds is 7. The molecule has 190 valence electrons. The monoisotopic (exact) mass is 548 g/mol. The van der Waals surface area contributed by atoms with E-state index in [9.17, 15) is 28.1 Å². The highest BCUT2D eigenvalue weighted by molar-refractivity contribution is 7.89. The van der Waals surface area contributed by atoms with Crippen LogP contribution in [0.3, 0.4) is 0 Å². The highest BCUT2D eigenvalue weighted by Crippen LogP contribution is 2.34. The predicted octanol–water partition coefficient (Wildman–Crippen LogP) is 4.51. The Morgan fingerprint density at radius 3 is 2.24 bits per heavy atom. The van der Waals surface area contributed by atoms with E-state index < -0.39 is 26.8 Å². The third-order valence-corrected chi connectivity index (χ3v) is 7.57. The second kappa shape index (κ2) is 9.69. The number of carbonyl (C=O) groups excluding carboxylic acids is 2. The van der Waals surface area contributed by atoms with Crippen molar-refractivity contribution in [3.05, 3.63) is 116 Å². The molecule has 0 aliphatic carbocycles. The van der Waals surface area contributed by atoms with Gasteiger partial charge in [0.25, 0.3) is 27.5 Å². The Balaban J connectivity index is 1.30. The van der Waals surface area contributed by atoms with E-state index in [2.05, 4.69) is 9.93 Å². The third-order valence-electron chi connectivity index (χ3n) is 6.00. The topological polar surface area (TPSA) is 139 Å². The smallest absolute Gasteiger partial charge is 0.270 e. The lowest BCUT2D eigenvalue weighted by Gasteiger charge is -2.27. The van der Waals surface area contributed by atoms with Crippen molar-refractivity contribution in [1.29, 1.82) is 0 Å². The zero-order valence-corrected chi connectivity index (χ0v) is 20.9. The fourth-order valence-electron chi connectivity index (χ4n) is 4.12. The van der Waals surface area contributed by atoms with E-state index in [4.69, 9.17) is 11.6 Å². The van der Waals surface area contributed by atoms with Gasteiger partial charge in [0, 0.05) is 39.1 Å². The second-order valence-corrected chi connectivity index (χ2v) is 10.4. The Labute approximate surface area is 221 Å². The lowest BCUT2D eigenvalue weighted by Crippen LogP contribution is -2.39. The van der Waals surface area contributed by atoms with Crippen molar-refractivity contribution in [3.8, 4) is 0 Å². The Morgan fingerprint density at radius 2 is 1.58 bits per heavy atom. The number of hydrazone groups is 1. The van der Waals surface area contributed by atoms with E-state index in [0.717, 1.165) is 4.90 Å². The van der Waals surface area contributed by atoms with Crippen molar-refractivity contribution in [1.82, 2.24) is 9.73 Å². The first-order valence-corrected chi connectivity index (χ1v) is 13.0. The number of carbonyl (C=O) groups is 2. The van der Waals surface area contributed by atoms with Crippen LogP contribution in [0.4, 0.5) is 5.69 Å². The van der Waals surface area contributed by atoms with E-state index in [0.29, 0.717) is 38.0 Å². The third kappa shape index (κ3) is 4.60. The molecule has 1 aliphatic heterocycles. The van der Waals surface area contributed by atoms with Crippen molar-refractivity contribution >= 4 is 56.1 Å². The summed E-state index contributed by atoms with van der Waals surface area (Å²) in [5.41, 5.74) is 1.65. The van der Waals surface area contributed by atoms with Crippen LogP contribution in [-0.2, 0) is 16.6 Å². The maximum absolute atomic E-state index is 13.1. The lowest BCUT2D eigenvalue weighted by atomic mass is 9.94. The highest BCUT2D eigenvalue weighted by atomic mass is 35.5. The van der Waals surface area contributed by atoms with E-state index >= 15 is 0 Å². The molecule has 0 aromatic heterocycles. The molecule has 4 aromatic rings. The van der Waals surface area contributed by atoms with Gasteiger partial charge in [-0.1, -0.05) is 35.9 Å². The van der Waals surface area contributed by atoms with Gasteiger partial charge in [-0.2, -0.15) is 13.5 Å². The first-order chi connectivity index (χ1) is 18.2. The Kier molecular flexibility index (Phi) is 6.39. The minimum atomic E-state index is -4.01. The van der Waals surface area contributed by atoms with Gasteiger partial charge in [-0.05, 0) is 53.6 Å². The van der Waals surface area contributed by atoms with Crippen LogP contribution in [0.1, 0.15) is 31.8 Å². The van der Waals surface area contributed by atoms with Gasteiger partial charge in [-0.3, -0.25) is 24.6 Å². The molecule has 5 rings (SSSR count). The minimum absolute atomic E-state index is 0.0534. The van der Waals surface area contributed by atoms with Gasteiger partial charge in [0.05, 0.1) is 22.6 Å². The molecular formula is C26H17ClN4O6S. The molecule has 0 radical (unpaired) electrons. The molecule has 1 N–H and O–H groups in total. The summed E-state index contributed by atoms with van der Waals surface area (Å²) in [7, 11) is -4.01. The van der Waals surface area contributed by atoms with E-state index in [1.165, 1.54) is 54.7 Å². The number of hydrogen-bond acceptors (Lipinski definition) is 7. The number of imide groups is 1. The number of nitrogens with zero attached hydrogens (tertiary/aromatic N) is 3. The second-order valence-electron chi connectivity index (χ2n) is 8.37. The molecule has 0 saturated carbocycles. The van der Waals surface area contributed by atoms with Gasteiger partial charge >= 0.3 is 0 Å². The highest BCUT2D eigenvalue weighted by Gasteiger charge is 2.33. The molecule has 38 heavy (non-hydrogen) atoms. The summed E-state index contributed by atoms with van der Waals surface area (Å²) in [5.74, 6) is -0.927. The lowest BCUT2D eigenvalue weighted by molar-refractivity contribution is -0.384. The summed E-state index contributed by atoms with van der Waals surface area (Å²) in [4.78, 5) is 39.6. The molecule has 0 unspecified atom stereocenters. The number of amides is 2. The van der Waals surface area contributed by atoms with Crippen LogP contribution in [0.15, 0.2) is 88.9 Å². The maximum atomic E-state index is 13.1. The van der Waals surface area contributed by atoms with Crippen molar-refractivity contribution < 1.29 is 22.9 Å². The van der Waals surface area contributed by atoms with Gasteiger partial charge in [0.1, 0.15) is 0 Å². The van der Waals surface area contributed by atoms with Crippen molar-refractivity contribution in [3.63, 3.8) is 0 Å². The average molecular weight is 549 g/mol. The fraction of sp³-hybridized carbons (Fsp3) is 0.0385. The first-order valence-electron chi connectivity index (χ1n) is 11.1. The van der Waals surface area contributed by atoms with E-state index in [-0.39, 0.29) is 17.1 Å². The Morgan fingerprint density at radius 1 is 0.921 bits per heavy atom. The average Bonchev–Trinajstić information content (AvgIpc) is 2.91. The van der Waals surface area contributed by atoms with Crippen molar-refractivity contribution in [2.45, 2.75) is 11.4 Å². The van der Waals surface area contributed by atoms with Crippen LogP contribution in [-0.4, -0.2) is 36.3 Å². The van der Waals surface area contributed by atoms with Crippen LogP contribution >= 0.6 is 11.6 Å². The first kappa shape index (κ1) is 25.1. The molecular weight excluding hydrogens is 532 g/mol. The molecule has 0 spiro atoms. The van der Waals surface area contributed by atoms with Crippen molar-refractivity contribution in [2.24, 2.45) is 5.10 Å². The minimum Gasteiger partial charge on any atom is -0.270 e. The van der Waals surface area contributed by atoms with E-state index in [1.807, 2.05) is 0 Å². The Bertz CT molecular complexity index is 1730. The zero-order valence-electron chi connectivity index (χ0n) is 19.4. The van der Waals surface area contributed by atoms with Crippen molar-refractivity contribution in [2.75, 3.05) is 0 Å². The number of hydrogen-bond donors (Lipinski definition) is 1. The molecule has 12 heteroatoms. The molecule has 4 aromatic carbocycles. The van der Waals surface area contributed by atoms with Crippen LogP contribution < -0.4 is 4.83 Å². The van der Waals surface area contributed by atoms with Gasteiger partial charge in [0.15, 0.2) is 0 Å². The molecule has 0 atom stereocenters. The summed E-state index contributed by atoms with van der Waals surface area (Å²) in [6.07, 6.45) is 1.22. The fourth-order valence-corrected chi connectivity index (χ4v) is 5.13. The van der Waals surface area contributed by atoms with Gasteiger partial charge in [-0.15, -0.1) is 0 Å². The van der Waals surface area contributed by atoms with Crippen LogP contribution in [0.25, 0.3) is 10.8 Å². The number of halogens is 1. The molecule has 10 nitrogen and oxygen atoms in total. The summed E-state index contributed by atoms with van der Waals surface area (Å²) in [6.45, 7) is -0.0534. The summed E-state index contributed by atoms with van der Waals surface area (Å²) in [5, 5.41) is 16.0. The van der Waals surface area contributed by atoms with Crippen LogP contribution in [0.5, 0.6) is 0 Å². The van der Waals surface area contributed by atoms with Gasteiger partial charge in [-0.25, -0.2) is 4.83 Å². The molecule has 1 aliphatic rings. The molecule has 0 saturated heterocycles. The number of nitro groups is 1. The molecule has 0 fully saturated rings. The molecule has 1 heterocycles. The van der Waals surface area contributed by atoms with Gasteiger partial charge < -0.3 is 0 Å². The molecule has 2 amide bonds. The number of nitrogens with one attached hydrogen (secondary N) is 1. The summed E-state index contributed by atoms with van der Waals surface area (Å²) in [6, 6.07) is 19.4. The molecule has 0 bridgehead atoms. The number of non-ortho nitro benzene ring substituents is 1. The van der Waals surface area contributed by atoms with Crippen LogP contribution in [0, 0.1) is 10.1 Å². The number of nitro benzene ring substituents is 1. The van der Waals surface area contributed by atoms with E-state index in [1.54, 1.807) is 30.3 Å². The number of sulfonamides is 1.